The van der Waals surface area contributed by atoms with Gasteiger partial charge in [-0.1, -0.05) is 0 Å². The molecule has 0 aromatic carbocycles. The highest BCUT2D eigenvalue weighted by Crippen LogP contribution is 2.41. The van der Waals surface area contributed by atoms with Crippen LogP contribution in [0.5, 0.6) is 0 Å². The van der Waals surface area contributed by atoms with Crippen molar-refractivity contribution in [2.24, 2.45) is 0 Å². The molecule has 0 N–H and O–H groups in total. The van der Waals surface area contributed by atoms with Crippen molar-refractivity contribution >= 4 is 6.29 Å². The summed E-state index contributed by atoms with van der Waals surface area (Å²) in [5, 5.41) is 0. The second-order valence-electron chi connectivity index (χ2n) is 2.79. The molecule has 0 aromatic rings. The number of hydrogen-bond acceptors (Lipinski definition) is 3. The number of ether oxygens (including phenoxy) is 2. The van der Waals surface area contributed by atoms with Crippen LogP contribution < -0.4 is 0 Å². The average Bonchev–Trinajstić information content (AvgIpc) is 1.92. The third-order valence-corrected chi connectivity index (χ3v) is 1.83. The maximum atomic E-state index is 11.8. The monoisotopic (exact) mass is 198 g/mol. The zero-order valence-corrected chi connectivity index (χ0v) is 6.76. The number of rotatable bonds is 4. The number of carbonyl (C=O) groups excluding carboxylic acids is 1. The molecule has 1 fully saturated rings. The van der Waals surface area contributed by atoms with Gasteiger partial charge in [-0.15, -0.1) is 13.2 Å². The molecular formula is C7H9F3O3. The minimum Gasteiger partial charge on any atom is -0.342 e. The predicted octanol–water partition coefficient (Wildman–Crippen LogP) is 1.62. The Kier molecular flexibility index (Phi) is 2.92. The van der Waals surface area contributed by atoms with Crippen molar-refractivity contribution in [3.63, 3.8) is 0 Å². The molecule has 1 aliphatic rings. The third-order valence-electron chi connectivity index (χ3n) is 1.83. The maximum absolute atomic E-state index is 11.8. The van der Waals surface area contributed by atoms with Crippen LogP contribution in [-0.4, -0.2) is 25.0 Å². The van der Waals surface area contributed by atoms with Crippen LogP contribution in [0, 0.1) is 0 Å². The van der Waals surface area contributed by atoms with Gasteiger partial charge in [0, 0.05) is 12.8 Å². The number of aldehydes is 1. The average molecular weight is 198 g/mol. The molecule has 0 aromatic heterocycles. The van der Waals surface area contributed by atoms with Crippen LogP contribution in [0.15, 0.2) is 0 Å². The van der Waals surface area contributed by atoms with Crippen molar-refractivity contribution in [1.82, 2.24) is 0 Å². The number of alkyl halides is 3. The molecule has 0 radical (unpaired) electrons. The normalized spacial score (nSPS) is 20.8. The van der Waals surface area contributed by atoms with Gasteiger partial charge in [0.05, 0.1) is 0 Å². The van der Waals surface area contributed by atoms with Crippen LogP contribution in [-0.2, 0) is 14.3 Å². The van der Waals surface area contributed by atoms with Gasteiger partial charge in [0.1, 0.15) is 12.9 Å². The van der Waals surface area contributed by atoms with Crippen LogP contribution in [0.25, 0.3) is 0 Å². The van der Waals surface area contributed by atoms with Crippen LogP contribution in [0.4, 0.5) is 13.2 Å². The Balaban J connectivity index is 2.44. The Morgan fingerprint density at radius 2 is 2.00 bits per heavy atom. The Morgan fingerprint density at radius 1 is 1.38 bits per heavy atom. The van der Waals surface area contributed by atoms with E-state index in [4.69, 9.17) is 0 Å². The summed E-state index contributed by atoms with van der Waals surface area (Å²) < 4.78 is 43.9. The quantitative estimate of drug-likeness (QED) is 0.508. The molecule has 0 bridgehead atoms. The van der Waals surface area contributed by atoms with Gasteiger partial charge in [-0.05, 0) is 6.42 Å². The lowest BCUT2D eigenvalue weighted by Gasteiger charge is -2.40. The highest BCUT2D eigenvalue weighted by Gasteiger charge is 2.48. The third kappa shape index (κ3) is 2.96. The summed E-state index contributed by atoms with van der Waals surface area (Å²) in [6, 6.07) is 0. The van der Waals surface area contributed by atoms with Gasteiger partial charge in [0.2, 0.25) is 0 Å². The molecule has 1 aliphatic carbocycles. The largest absolute Gasteiger partial charge is 0.524 e. The first-order chi connectivity index (χ1) is 5.97. The smallest absolute Gasteiger partial charge is 0.342 e. The number of hydrogen-bond donors (Lipinski definition) is 0. The fraction of sp³-hybridized carbons (Fsp3) is 0.857. The first kappa shape index (κ1) is 10.5. The van der Waals surface area contributed by atoms with Crippen molar-refractivity contribution in [1.29, 1.82) is 0 Å². The van der Waals surface area contributed by atoms with Crippen LogP contribution >= 0.6 is 0 Å². The fourth-order valence-electron chi connectivity index (χ4n) is 1.14. The molecule has 0 amide bonds. The molecule has 3 nitrogen and oxygen atoms in total. The van der Waals surface area contributed by atoms with Crippen LogP contribution in [0.3, 0.4) is 0 Å². The summed E-state index contributed by atoms with van der Waals surface area (Å²) >= 11 is 0. The van der Waals surface area contributed by atoms with Crippen LogP contribution in [0.1, 0.15) is 19.3 Å². The highest BCUT2D eigenvalue weighted by atomic mass is 19.4. The van der Waals surface area contributed by atoms with E-state index in [2.05, 4.69) is 9.47 Å². The molecule has 0 unspecified atom stereocenters. The van der Waals surface area contributed by atoms with Gasteiger partial charge in [-0.3, -0.25) is 4.74 Å². The van der Waals surface area contributed by atoms with E-state index >= 15 is 0 Å². The van der Waals surface area contributed by atoms with Crippen molar-refractivity contribution in [2.45, 2.75) is 31.4 Å². The minimum atomic E-state index is -4.71. The van der Waals surface area contributed by atoms with Gasteiger partial charge in [-0.2, -0.15) is 0 Å². The Bertz CT molecular complexity index is 186. The first-order valence-electron chi connectivity index (χ1n) is 3.82. The van der Waals surface area contributed by atoms with E-state index in [1.54, 1.807) is 0 Å². The standard InChI is InChI=1S/C7H9F3O3/c8-7(9,10)13-6(2-1-3-6)12-5-4-11/h4H,1-3,5H2. The molecule has 76 valence electrons. The lowest BCUT2D eigenvalue weighted by atomic mass is 9.91. The lowest BCUT2D eigenvalue weighted by molar-refractivity contribution is -0.432. The van der Waals surface area contributed by atoms with Gasteiger partial charge < -0.3 is 9.53 Å². The second kappa shape index (κ2) is 3.63. The number of halogens is 3. The SMILES string of the molecule is O=CCOC1(OC(F)(F)F)CCC1. The summed E-state index contributed by atoms with van der Waals surface area (Å²) in [6.45, 7) is -0.365. The van der Waals surface area contributed by atoms with E-state index in [9.17, 15) is 18.0 Å². The zero-order valence-electron chi connectivity index (χ0n) is 6.76. The van der Waals surface area contributed by atoms with Gasteiger partial charge in [-0.25, -0.2) is 0 Å². The predicted molar refractivity (Wildman–Crippen MR) is 35.7 cm³/mol. The summed E-state index contributed by atoms with van der Waals surface area (Å²) in [6.07, 6.45) is -3.32. The fourth-order valence-corrected chi connectivity index (χ4v) is 1.14. The molecule has 0 atom stereocenters. The minimum absolute atomic E-state index is 0.181. The summed E-state index contributed by atoms with van der Waals surface area (Å²) in [5.74, 6) is -1.60. The number of carbonyl (C=O) groups is 1. The first-order valence-corrected chi connectivity index (χ1v) is 3.82. The molecule has 13 heavy (non-hydrogen) atoms. The molecule has 0 heterocycles. The van der Waals surface area contributed by atoms with E-state index in [1.165, 1.54) is 0 Å². The Hall–Kier alpha value is -0.620. The van der Waals surface area contributed by atoms with Gasteiger partial charge >= 0.3 is 6.36 Å². The molecule has 0 saturated heterocycles. The molecule has 6 heteroatoms. The molecule has 1 rings (SSSR count). The lowest BCUT2D eigenvalue weighted by Crippen LogP contribution is -2.47. The second-order valence-corrected chi connectivity index (χ2v) is 2.79. The van der Waals surface area contributed by atoms with Crippen molar-refractivity contribution in [2.75, 3.05) is 6.61 Å². The summed E-state index contributed by atoms with van der Waals surface area (Å²) in [4.78, 5) is 9.90. The molecule has 0 aliphatic heterocycles. The van der Waals surface area contributed by atoms with Crippen molar-refractivity contribution < 1.29 is 27.4 Å². The summed E-state index contributed by atoms with van der Waals surface area (Å²) in [5.41, 5.74) is 0. The molecular weight excluding hydrogens is 189 g/mol. The van der Waals surface area contributed by atoms with Crippen molar-refractivity contribution in [3.8, 4) is 0 Å². The van der Waals surface area contributed by atoms with Gasteiger partial charge in [0.15, 0.2) is 5.79 Å². The Morgan fingerprint density at radius 3 is 2.31 bits per heavy atom. The molecule has 0 spiro atoms. The van der Waals surface area contributed by atoms with E-state index in [1.807, 2.05) is 0 Å². The van der Waals surface area contributed by atoms with E-state index in [0.717, 1.165) is 0 Å². The molecule has 1 saturated carbocycles. The Labute approximate surface area is 72.8 Å². The maximum Gasteiger partial charge on any atom is 0.524 e. The van der Waals surface area contributed by atoms with Crippen molar-refractivity contribution in [3.05, 3.63) is 0 Å². The van der Waals surface area contributed by atoms with E-state index in [-0.39, 0.29) is 19.4 Å². The van der Waals surface area contributed by atoms with Crippen LogP contribution in [0.2, 0.25) is 0 Å². The zero-order chi connectivity index (χ0) is 9.95. The van der Waals surface area contributed by atoms with E-state index < -0.39 is 12.1 Å². The topological polar surface area (TPSA) is 35.5 Å². The van der Waals surface area contributed by atoms with E-state index in [0.29, 0.717) is 12.7 Å². The van der Waals surface area contributed by atoms with Gasteiger partial charge in [0.25, 0.3) is 0 Å². The summed E-state index contributed by atoms with van der Waals surface area (Å²) in [7, 11) is 0. The highest BCUT2D eigenvalue weighted by molar-refractivity contribution is 5.50.